The molecule has 1 heterocycles. The zero-order chi connectivity index (χ0) is 36.9. The maximum Gasteiger partial charge on any atom is 0.137 e. The number of rotatable bonds is 7. The van der Waals surface area contributed by atoms with Crippen LogP contribution in [0.4, 0.5) is 0 Å². The van der Waals surface area contributed by atoms with Gasteiger partial charge in [-0.3, -0.25) is 4.99 Å². The number of nitrogens with zero attached hydrogens (tertiary/aromatic N) is 1. The lowest BCUT2D eigenvalue weighted by molar-refractivity contribution is 0.0528. The van der Waals surface area contributed by atoms with Crippen molar-refractivity contribution in [3.05, 3.63) is 136 Å². The summed E-state index contributed by atoms with van der Waals surface area (Å²) >= 11 is 0. The van der Waals surface area contributed by atoms with Crippen molar-refractivity contribution in [3.8, 4) is 5.75 Å². The summed E-state index contributed by atoms with van der Waals surface area (Å²) in [5.74, 6) is 0.229. The fourth-order valence-electron chi connectivity index (χ4n) is 6.75. The highest BCUT2D eigenvalue weighted by Crippen LogP contribution is 2.41. The summed E-state index contributed by atoms with van der Waals surface area (Å²) in [5.41, 5.74) is 6.75. The number of phenols is 1. The first-order chi connectivity index (χ1) is 23.1. The van der Waals surface area contributed by atoms with E-state index in [2.05, 4.69) is 155 Å². The van der Waals surface area contributed by atoms with Gasteiger partial charge in [0.05, 0.1) is 6.04 Å². The van der Waals surface area contributed by atoms with E-state index in [4.69, 9.17) is 4.99 Å². The number of benzene rings is 4. The van der Waals surface area contributed by atoms with Crippen molar-refractivity contribution in [2.24, 2.45) is 4.99 Å². The van der Waals surface area contributed by atoms with Gasteiger partial charge in [-0.15, -0.1) is 0 Å². The Labute approximate surface area is 300 Å². The zero-order valence-corrected chi connectivity index (χ0v) is 32.4. The second kappa shape index (κ2) is 13.2. The minimum Gasteiger partial charge on any atom is -0.507 e. The third-order valence-electron chi connectivity index (χ3n) is 10.2. The number of aromatic nitrogens is 1. The van der Waals surface area contributed by atoms with Crippen molar-refractivity contribution < 1.29 is 10.2 Å². The van der Waals surface area contributed by atoms with E-state index in [0.717, 1.165) is 38.7 Å². The van der Waals surface area contributed by atoms with E-state index in [1.807, 2.05) is 24.4 Å². The fraction of sp³-hybridized carbons (Fsp3) is 0.413. The van der Waals surface area contributed by atoms with Crippen LogP contribution >= 0.6 is 0 Å². The van der Waals surface area contributed by atoms with Crippen LogP contribution in [0.5, 0.6) is 5.75 Å². The first-order valence-corrected chi connectivity index (χ1v) is 18.0. The van der Waals surface area contributed by atoms with E-state index in [9.17, 15) is 10.2 Å². The number of nitrogens with one attached hydrogen (secondary N) is 1. The van der Waals surface area contributed by atoms with Crippen LogP contribution in [0.15, 0.2) is 96.1 Å². The zero-order valence-electron chi connectivity index (χ0n) is 32.4. The molecule has 1 aromatic heterocycles. The van der Waals surface area contributed by atoms with Gasteiger partial charge < -0.3 is 15.2 Å². The Morgan fingerprint density at radius 3 is 1.58 bits per heavy atom. The molecule has 0 aliphatic heterocycles. The number of para-hydroxylation sites is 1. The predicted octanol–water partition coefficient (Wildman–Crippen LogP) is 11.0. The Hall–Kier alpha value is -4.15. The lowest BCUT2D eigenvalue weighted by Crippen LogP contribution is -2.41. The Bertz CT molecular complexity index is 1910. The molecule has 4 heteroatoms. The van der Waals surface area contributed by atoms with Crippen LogP contribution in [-0.4, -0.2) is 27.5 Å². The van der Waals surface area contributed by atoms with E-state index >= 15 is 0 Å². The molecule has 0 spiro atoms. The third kappa shape index (κ3) is 7.61. The molecule has 0 unspecified atom stereocenters. The summed E-state index contributed by atoms with van der Waals surface area (Å²) in [7, 11) is 0. The van der Waals surface area contributed by atoms with Crippen molar-refractivity contribution in [1.82, 2.24) is 4.98 Å². The average molecular weight is 671 g/mol. The molecular formula is C46H58N2O2. The van der Waals surface area contributed by atoms with Crippen LogP contribution in [0.3, 0.4) is 0 Å². The predicted molar refractivity (Wildman–Crippen MR) is 212 cm³/mol. The van der Waals surface area contributed by atoms with Gasteiger partial charge in [0.2, 0.25) is 0 Å². The summed E-state index contributed by atoms with van der Waals surface area (Å²) in [6, 6.07) is 28.6. The van der Waals surface area contributed by atoms with Gasteiger partial charge in [-0.05, 0) is 67.2 Å². The number of hydrogen-bond donors (Lipinski definition) is 3. The number of aliphatic hydroxyl groups is 1. The Morgan fingerprint density at radius 1 is 0.620 bits per heavy atom. The number of phenolic OH excluding ortho intramolecular Hbond substituents is 1. The number of aromatic amines is 1. The Balaban J connectivity index is 1.77. The number of hydrogen-bond acceptors (Lipinski definition) is 3. The maximum atomic E-state index is 13.4. The van der Waals surface area contributed by atoms with Crippen molar-refractivity contribution in [1.29, 1.82) is 0 Å². The molecule has 5 rings (SSSR count). The van der Waals surface area contributed by atoms with Gasteiger partial charge in [0, 0.05) is 40.9 Å². The van der Waals surface area contributed by atoms with Crippen LogP contribution in [0.25, 0.3) is 10.9 Å². The molecule has 0 saturated heterocycles. The molecule has 5 aromatic rings. The van der Waals surface area contributed by atoms with Crippen molar-refractivity contribution in [2.45, 2.75) is 123 Å². The second-order valence-electron chi connectivity index (χ2n) is 18.2. The van der Waals surface area contributed by atoms with Crippen molar-refractivity contribution >= 4 is 17.1 Å². The van der Waals surface area contributed by atoms with E-state index in [-0.39, 0.29) is 27.4 Å². The van der Waals surface area contributed by atoms with Gasteiger partial charge >= 0.3 is 0 Å². The van der Waals surface area contributed by atoms with E-state index in [1.54, 1.807) is 6.21 Å². The highest BCUT2D eigenvalue weighted by molar-refractivity contribution is 5.86. The number of aliphatic imine (C=N–C) groups is 1. The molecule has 0 amide bonds. The van der Waals surface area contributed by atoms with Gasteiger partial charge in [0.25, 0.3) is 0 Å². The molecule has 3 N–H and O–H groups in total. The molecule has 0 aliphatic carbocycles. The van der Waals surface area contributed by atoms with Gasteiger partial charge in [-0.25, -0.2) is 0 Å². The number of aromatic hydroxyl groups is 1. The topological polar surface area (TPSA) is 68.6 Å². The molecule has 0 fully saturated rings. The van der Waals surface area contributed by atoms with Crippen molar-refractivity contribution in [3.63, 3.8) is 0 Å². The quantitative estimate of drug-likeness (QED) is 0.151. The maximum absolute atomic E-state index is 13.4. The second-order valence-corrected chi connectivity index (χ2v) is 18.2. The standard InChI is InChI=1S/C46H58N2O2/c1-42(2,3)32-17-21-34(22-18-32)46(50,35-23-19-33(20-24-35)43(4,5)6)40(26-30-28-47-39-16-14-13-15-37(30)39)48-29-31-25-36(44(7,8)9)27-38(41(31)49)45(10,11)12/h13-25,27-29,40,47,49-50H,26H2,1-12H3/t40-/m1/s1. The van der Waals surface area contributed by atoms with Crippen LogP contribution < -0.4 is 0 Å². The Kier molecular flexibility index (Phi) is 9.79. The number of fused-ring (bicyclic) bond motifs is 1. The van der Waals surface area contributed by atoms with Crippen LogP contribution in [0.2, 0.25) is 0 Å². The monoisotopic (exact) mass is 670 g/mol. The summed E-state index contributed by atoms with van der Waals surface area (Å²) in [6.07, 6.45) is 4.29. The summed E-state index contributed by atoms with van der Waals surface area (Å²) in [5, 5.41) is 26.2. The molecule has 0 aliphatic rings. The van der Waals surface area contributed by atoms with E-state index < -0.39 is 11.6 Å². The van der Waals surface area contributed by atoms with Gasteiger partial charge in [-0.2, -0.15) is 0 Å². The molecule has 4 aromatic carbocycles. The minimum atomic E-state index is -1.49. The van der Waals surface area contributed by atoms with Crippen LogP contribution in [-0.2, 0) is 33.7 Å². The average Bonchev–Trinajstić information content (AvgIpc) is 3.44. The lowest BCUT2D eigenvalue weighted by Gasteiger charge is -2.36. The molecule has 264 valence electrons. The molecule has 50 heavy (non-hydrogen) atoms. The Morgan fingerprint density at radius 2 is 1.10 bits per heavy atom. The molecule has 0 saturated carbocycles. The molecular weight excluding hydrogens is 613 g/mol. The van der Waals surface area contributed by atoms with Crippen LogP contribution in [0.1, 0.15) is 128 Å². The minimum absolute atomic E-state index is 0.0348. The smallest absolute Gasteiger partial charge is 0.137 e. The number of H-pyrrole nitrogens is 1. The first kappa shape index (κ1) is 37.1. The van der Waals surface area contributed by atoms with Gasteiger partial charge in [0.1, 0.15) is 11.4 Å². The highest BCUT2D eigenvalue weighted by Gasteiger charge is 2.41. The SMILES string of the molecule is CC(C)(C)c1ccc(C(O)(c2ccc(C(C)(C)C)cc2)[C@@H](Cc2c[nH]c3ccccc23)N=Cc2cc(C(C)(C)C)cc(C(C)(C)C)c2O)cc1. The summed E-state index contributed by atoms with van der Waals surface area (Å²) < 4.78 is 0. The van der Waals surface area contributed by atoms with Gasteiger partial charge in [-0.1, -0.05) is 156 Å². The molecule has 1 atom stereocenters. The van der Waals surface area contributed by atoms with Gasteiger partial charge in [0.15, 0.2) is 0 Å². The summed E-state index contributed by atoms with van der Waals surface area (Å²) in [4.78, 5) is 8.73. The van der Waals surface area contributed by atoms with E-state index in [0.29, 0.717) is 12.0 Å². The molecule has 0 radical (unpaired) electrons. The van der Waals surface area contributed by atoms with Crippen LogP contribution in [0, 0.1) is 0 Å². The normalized spacial score (nSPS) is 14.1. The van der Waals surface area contributed by atoms with E-state index in [1.165, 1.54) is 11.1 Å². The lowest BCUT2D eigenvalue weighted by atomic mass is 9.75. The first-order valence-electron chi connectivity index (χ1n) is 18.0. The third-order valence-corrected chi connectivity index (χ3v) is 10.2. The fourth-order valence-corrected chi connectivity index (χ4v) is 6.75. The molecule has 0 bridgehead atoms. The largest absolute Gasteiger partial charge is 0.507 e. The van der Waals surface area contributed by atoms with Crippen molar-refractivity contribution in [2.75, 3.05) is 0 Å². The highest BCUT2D eigenvalue weighted by atomic mass is 16.3. The molecule has 4 nitrogen and oxygen atoms in total. The summed E-state index contributed by atoms with van der Waals surface area (Å²) in [6.45, 7) is 26.1.